The number of anilines is 1. The Balaban J connectivity index is 2.21. The molecule has 1 aliphatic heterocycles. The Morgan fingerprint density at radius 2 is 2.22 bits per heavy atom. The number of hydrogen-bond donors (Lipinski definition) is 1. The van der Waals surface area contributed by atoms with Crippen LogP contribution >= 0.6 is 0 Å². The molecule has 0 amide bonds. The van der Waals surface area contributed by atoms with Crippen LogP contribution in [0.25, 0.3) is 0 Å². The molecule has 3 heteroatoms. The molecule has 98 valence electrons. The van der Waals surface area contributed by atoms with Crippen LogP contribution < -0.4 is 10.2 Å². The number of carbonyl (C=O) groups is 1. The minimum absolute atomic E-state index is 0.130. The van der Waals surface area contributed by atoms with Crippen LogP contribution in [0.3, 0.4) is 0 Å². The summed E-state index contributed by atoms with van der Waals surface area (Å²) in [5, 5.41) is 3.41. The number of likely N-dealkylation sites (N-methyl/N-ethyl adjacent to an activating group) is 1. The Morgan fingerprint density at radius 3 is 2.89 bits per heavy atom. The van der Waals surface area contributed by atoms with Gasteiger partial charge in [0.05, 0.1) is 0 Å². The van der Waals surface area contributed by atoms with E-state index in [9.17, 15) is 4.79 Å². The van der Waals surface area contributed by atoms with E-state index in [1.807, 2.05) is 25.2 Å². The van der Waals surface area contributed by atoms with Gasteiger partial charge in [-0.1, -0.05) is 12.1 Å². The molecule has 3 nitrogen and oxygen atoms in total. The highest BCUT2D eigenvalue weighted by Gasteiger charge is 2.29. The third-order valence-electron chi connectivity index (χ3n) is 3.92. The van der Waals surface area contributed by atoms with Crippen LogP contribution in [0, 0.1) is 0 Å². The molecule has 0 saturated carbocycles. The molecule has 1 aromatic carbocycles. The van der Waals surface area contributed by atoms with Crippen molar-refractivity contribution in [1.82, 2.24) is 5.32 Å². The maximum absolute atomic E-state index is 11.4. The Kier molecular flexibility index (Phi) is 3.71. The molecule has 1 aliphatic rings. The van der Waals surface area contributed by atoms with Crippen LogP contribution in [0.1, 0.15) is 37.0 Å². The predicted molar refractivity (Wildman–Crippen MR) is 75.4 cm³/mol. The lowest BCUT2D eigenvalue weighted by Crippen LogP contribution is -2.53. The number of rotatable bonds is 3. The number of carbonyl (C=O) groups excluding carboxylic acids is 1. The average Bonchev–Trinajstić information content (AvgIpc) is 2.39. The molecule has 1 saturated heterocycles. The Bertz CT molecular complexity index is 444. The Hall–Kier alpha value is -1.35. The van der Waals surface area contributed by atoms with E-state index < -0.39 is 0 Å². The minimum Gasteiger partial charge on any atom is -0.370 e. The maximum Gasteiger partial charge on any atom is 0.159 e. The van der Waals surface area contributed by atoms with E-state index in [-0.39, 0.29) is 11.3 Å². The summed E-state index contributed by atoms with van der Waals surface area (Å²) in [6.45, 7) is 5.94. The second-order valence-corrected chi connectivity index (χ2v) is 5.44. The van der Waals surface area contributed by atoms with Gasteiger partial charge in [0.1, 0.15) is 0 Å². The molecule has 0 aliphatic carbocycles. The second kappa shape index (κ2) is 5.11. The summed E-state index contributed by atoms with van der Waals surface area (Å²) < 4.78 is 0. The van der Waals surface area contributed by atoms with E-state index in [4.69, 9.17) is 0 Å². The monoisotopic (exact) mass is 246 g/mol. The summed E-state index contributed by atoms with van der Waals surface area (Å²) in [4.78, 5) is 13.8. The lowest BCUT2D eigenvalue weighted by atomic mass is 9.91. The maximum atomic E-state index is 11.4. The fourth-order valence-electron chi connectivity index (χ4n) is 2.59. The van der Waals surface area contributed by atoms with Crippen LogP contribution in [0.5, 0.6) is 0 Å². The number of nitrogens with one attached hydrogen (secondary N) is 1. The van der Waals surface area contributed by atoms with E-state index in [2.05, 4.69) is 23.2 Å². The molecular weight excluding hydrogens is 224 g/mol. The fraction of sp³-hybridized carbons (Fsp3) is 0.533. The molecule has 1 unspecified atom stereocenters. The molecule has 1 heterocycles. The van der Waals surface area contributed by atoms with Crippen LogP contribution in [-0.2, 0) is 0 Å². The number of piperidine rings is 1. The first kappa shape index (κ1) is 13.1. The number of hydrogen-bond acceptors (Lipinski definition) is 3. The number of nitrogens with zero attached hydrogens (tertiary/aromatic N) is 1. The van der Waals surface area contributed by atoms with Crippen molar-refractivity contribution in [2.24, 2.45) is 0 Å². The van der Waals surface area contributed by atoms with Gasteiger partial charge < -0.3 is 10.2 Å². The molecular formula is C15H22N2O. The lowest BCUT2D eigenvalue weighted by Gasteiger charge is -2.41. The smallest absolute Gasteiger partial charge is 0.159 e. The molecule has 0 aromatic heterocycles. The van der Waals surface area contributed by atoms with Gasteiger partial charge in [-0.3, -0.25) is 4.79 Å². The van der Waals surface area contributed by atoms with Gasteiger partial charge in [0.25, 0.3) is 0 Å². The highest BCUT2D eigenvalue weighted by atomic mass is 16.1. The zero-order chi connectivity index (χ0) is 13.2. The first-order valence-corrected chi connectivity index (χ1v) is 6.59. The zero-order valence-corrected chi connectivity index (χ0v) is 11.5. The number of Topliss-reactive ketones (excluding diaryl/α,β-unsaturated/α-hetero) is 1. The van der Waals surface area contributed by atoms with Gasteiger partial charge in [0.15, 0.2) is 5.78 Å². The first-order chi connectivity index (χ1) is 8.54. The molecule has 0 spiro atoms. The summed E-state index contributed by atoms with van der Waals surface area (Å²) in [5.74, 6) is 0.130. The molecule has 1 atom stereocenters. The quantitative estimate of drug-likeness (QED) is 0.832. The zero-order valence-electron chi connectivity index (χ0n) is 11.5. The van der Waals surface area contributed by atoms with Crippen LogP contribution in [0.2, 0.25) is 0 Å². The second-order valence-electron chi connectivity index (χ2n) is 5.44. The highest BCUT2D eigenvalue weighted by molar-refractivity contribution is 5.95. The van der Waals surface area contributed by atoms with E-state index in [0.29, 0.717) is 0 Å². The Morgan fingerprint density at radius 1 is 1.44 bits per heavy atom. The van der Waals surface area contributed by atoms with E-state index in [0.717, 1.165) is 24.3 Å². The summed E-state index contributed by atoms with van der Waals surface area (Å²) in [7, 11) is 2.02. The lowest BCUT2D eigenvalue weighted by molar-refractivity contribution is 0.101. The van der Waals surface area contributed by atoms with Crippen molar-refractivity contribution < 1.29 is 4.79 Å². The summed E-state index contributed by atoms with van der Waals surface area (Å²) >= 11 is 0. The third-order valence-corrected chi connectivity index (χ3v) is 3.92. The van der Waals surface area contributed by atoms with Gasteiger partial charge in [-0.25, -0.2) is 0 Å². The number of ketones is 1. The van der Waals surface area contributed by atoms with Crippen molar-refractivity contribution in [3.05, 3.63) is 29.8 Å². The standard InChI is InChI=1S/C15H22N2O/c1-12(18)13-6-4-7-14(10-13)17-9-5-8-15(2,11-17)16-3/h4,6-7,10,16H,5,8-9,11H2,1-3H3. The molecule has 0 bridgehead atoms. The fourth-order valence-corrected chi connectivity index (χ4v) is 2.59. The van der Waals surface area contributed by atoms with Gasteiger partial charge in [0, 0.05) is 29.9 Å². The van der Waals surface area contributed by atoms with Gasteiger partial charge in [-0.15, -0.1) is 0 Å². The van der Waals surface area contributed by atoms with Crippen molar-refractivity contribution in [3.8, 4) is 0 Å². The van der Waals surface area contributed by atoms with Crippen LogP contribution in [0.4, 0.5) is 5.69 Å². The molecule has 1 fully saturated rings. The molecule has 0 radical (unpaired) electrons. The van der Waals surface area contributed by atoms with Gasteiger partial charge in [-0.2, -0.15) is 0 Å². The summed E-state index contributed by atoms with van der Waals surface area (Å²) in [6.07, 6.45) is 2.38. The first-order valence-electron chi connectivity index (χ1n) is 6.59. The normalized spacial score (nSPS) is 24.1. The van der Waals surface area contributed by atoms with Crippen molar-refractivity contribution in [2.45, 2.75) is 32.2 Å². The van der Waals surface area contributed by atoms with E-state index in [1.165, 1.54) is 12.8 Å². The largest absolute Gasteiger partial charge is 0.370 e. The number of benzene rings is 1. The van der Waals surface area contributed by atoms with Crippen molar-refractivity contribution in [3.63, 3.8) is 0 Å². The highest BCUT2D eigenvalue weighted by Crippen LogP contribution is 2.26. The van der Waals surface area contributed by atoms with Crippen LogP contribution in [-0.4, -0.2) is 31.5 Å². The van der Waals surface area contributed by atoms with Gasteiger partial charge in [0.2, 0.25) is 0 Å². The van der Waals surface area contributed by atoms with Gasteiger partial charge in [-0.05, 0) is 45.9 Å². The average molecular weight is 246 g/mol. The van der Waals surface area contributed by atoms with Crippen molar-refractivity contribution in [1.29, 1.82) is 0 Å². The predicted octanol–water partition coefficient (Wildman–Crippen LogP) is 2.47. The molecule has 2 rings (SSSR count). The molecule has 18 heavy (non-hydrogen) atoms. The van der Waals surface area contributed by atoms with E-state index in [1.54, 1.807) is 6.92 Å². The SMILES string of the molecule is CNC1(C)CCCN(c2cccc(C(C)=O)c2)C1. The van der Waals surface area contributed by atoms with Crippen molar-refractivity contribution in [2.75, 3.05) is 25.0 Å². The topological polar surface area (TPSA) is 32.3 Å². The third kappa shape index (κ3) is 2.72. The minimum atomic E-state index is 0.130. The Labute approximate surface area is 109 Å². The summed E-state index contributed by atoms with van der Waals surface area (Å²) in [5.41, 5.74) is 2.12. The molecule has 1 N–H and O–H groups in total. The summed E-state index contributed by atoms with van der Waals surface area (Å²) in [6, 6.07) is 7.95. The van der Waals surface area contributed by atoms with Crippen molar-refractivity contribution >= 4 is 11.5 Å². The van der Waals surface area contributed by atoms with Gasteiger partial charge >= 0.3 is 0 Å². The van der Waals surface area contributed by atoms with Crippen LogP contribution in [0.15, 0.2) is 24.3 Å². The van der Waals surface area contributed by atoms with E-state index >= 15 is 0 Å². The molecule has 1 aromatic rings.